The van der Waals surface area contributed by atoms with Crippen molar-refractivity contribution in [1.29, 1.82) is 0 Å². The average molecular weight is 724 g/mol. The van der Waals surface area contributed by atoms with Gasteiger partial charge in [0.2, 0.25) is 5.67 Å². The number of benzene rings is 3. The molecule has 3 fully saturated rings. The van der Waals surface area contributed by atoms with E-state index in [1.807, 2.05) is 29.2 Å². The van der Waals surface area contributed by atoms with Gasteiger partial charge >= 0.3 is 12.1 Å². The van der Waals surface area contributed by atoms with Crippen molar-refractivity contribution >= 4 is 17.6 Å². The van der Waals surface area contributed by atoms with Gasteiger partial charge in [0.05, 0.1) is 25.2 Å². The molecule has 1 amide bonds. The zero-order chi connectivity index (χ0) is 36.8. The molecule has 0 saturated carbocycles. The Hall–Kier alpha value is -4.16. The van der Waals surface area contributed by atoms with Crippen LogP contribution in [-0.4, -0.2) is 98.6 Å². The number of piperidine rings is 1. The van der Waals surface area contributed by atoms with Crippen LogP contribution < -0.4 is 9.64 Å². The fourth-order valence-electron chi connectivity index (χ4n) is 9.05. The number of rotatable bonds is 9. The minimum absolute atomic E-state index is 0.0520. The number of nitrogens with zero attached hydrogens (tertiary/aromatic N) is 3. The normalized spacial score (nSPS) is 25.8. The molecule has 3 saturated heterocycles. The average Bonchev–Trinajstić information content (AvgIpc) is 3.87. The maximum atomic E-state index is 17.9. The Labute approximate surface area is 301 Å². The topological polar surface area (TPSA) is 82.6 Å². The van der Waals surface area contributed by atoms with Crippen LogP contribution in [-0.2, 0) is 33.3 Å². The summed E-state index contributed by atoms with van der Waals surface area (Å²) in [6.45, 7) is 1.40. The zero-order valence-corrected chi connectivity index (χ0v) is 29.4. The number of carboxylic acid groups (broad SMARTS) is 1. The van der Waals surface area contributed by atoms with E-state index in [1.165, 1.54) is 24.3 Å². The number of aliphatic carboxylic acids is 1. The van der Waals surface area contributed by atoms with Crippen molar-refractivity contribution in [3.05, 3.63) is 94.5 Å². The summed E-state index contributed by atoms with van der Waals surface area (Å²) in [5.41, 5.74) is 1.12. The van der Waals surface area contributed by atoms with E-state index in [0.717, 1.165) is 25.0 Å². The third-order valence-electron chi connectivity index (χ3n) is 11.9. The summed E-state index contributed by atoms with van der Waals surface area (Å²) in [5, 5.41) is 9.53. The van der Waals surface area contributed by atoms with Crippen LogP contribution >= 0.6 is 0 Å². The first-order chi connectivity index (χ1) is 24.9. The van der Waals surface area contributed by atoms with E-state index >= 15 is 4.39 Å². The van der Waals surface area contributed by atoms with Gasteiger partial charge in [0, 0.05) is 75.9 Å². The number of amides is 1. The van der Waals surface area contributed by atoms with E-state index in [4.69, 9.17) is 9.47 Å². The SMILES string of the molecule is COC[C@H]1CN(C(=O)[C@]2(F)CN(C3Cc4ccccc4C3)C[C@H]2c2ccc(OC)cc2)C[C@@H]1c1ccc(C(F)(F)F)cc1N1CCC(C(=O)O)CC1. The second kappa shape index (κ2) is 14.3. The van der Waals surface area contributed by atoms with Crippen molar-refractivity contribution < 1.29 is 41.7 Å². The Morgan fingerprint density at radius 3 is 2.19 bits per heavy atom. The van der Waals surface area contributed by atoms with Gasteiger partial charge in [-0.25, -0.2) is 4.39 Å². The lowest BCUT2D eigenvalue weighted by Crippen LogP contribution is -2.50. The maximum absolute atomic E-state index is 17.9. The van der Waals surface area contributed by atoms with Crippen molar-refractivity contribution in [1.82, 2.24) is 9.80 Å². The fraction of sp³-hybridized carbons (Fsp3) is 0.500. The molecule has 3 aromatic carbocycles. The number of hydrogen-bond donors (Lipinski definition) is 1. The van der Waals surface area contributed by atoms with E-state index in [1.54, 1.807) is 24.1 Å². The van der Waals surface area contributed by atoms with E-state index in [0.29, 0.717) is 42.0 Å². The molecule has 1 N–H and O–H groups in total. The van der Waals surface area contributed by atoms with Gasteiger partial charge in [-0.3, -0.25) is 14.5 Å². The molecule has 0 unspecified atom stereocenters. The van der Waals surface area contributed by atoms with Crippen LogP contribution in [0.3, 0.4) is 0 Å². The standard InChI is InChI=1S/C40H45F4N3O5/c1-51-23-29-20-46(21-34(29)33-12-9-30(40(42,43)44)19-36(33)45-15-13-26(14-16-45)37(48)49)38(50)39(41)24-47(31-17-27-5-3-4-6-28(27)18-31)22-35(39)25-7-10-32(52-2)11-8-25/h3-12,19,26,29,31,34-35H,13-18,20-24H2,1-2H3,(H,48,49)/t29-,34+,35+,39+/m1/s1. The molecule has 7 rings (SSSR count). The molecule has 8 nitrogen and oxygen atoms in total. The van der Waals surface area contributed by atoms with E-state index in [9.17, 15) is 27.9 Å². The number of ether oxygens (including phenoxy) is 2. The first-order valence-electron chi connectivity index (χ1n) is 18.0. The highest BCUT2D eigenvalue weighted by atomic mass is 19.4. The summed E-state index contributed by atoms with van der Waals surface area (Å²) < 4.78 is 70.9. The van der Waals surface area contributed by atoms with E-state index in [2.05, 4.69) is 17.0 Å². The molecule has 0 bridgehead atoms. The number of halogens is 4. The number of anilines is 1. The van der Waals surface area contributed by atoms with Crippen LogP contribution in [0.2, 0.25) is 0 Å². The van der Waals surface area contributed by atoms with Crippen molar-refractivity contribution in [3.63, 3.8) is 0 Å². The lowest BCUT2D eigenvalue weighted by atomic mass is 9.85. The van der Waals surface area contributed by atoms with Crippen LogP contribution in [0.5, 0.6) is 5.75 Å². The molecule has 1 aliphatic carbocycles. The van der Waals surface area contributed by atoms with Gasteiger partial charge in [-0.15, -0.1) is 0 Å². The Morgan fingerprint density at radius 2 is 1.60 bits per heavy atom. The predicted octanol–water partition coefficient (Wildman–Crippen LogP) is 6.18. The minimum Gasteiger partial charge on any atom is -0.497 e. The van der Waals surface area contributed by atoms with Gasteiger partial charge in [0.25, 0.3) is 5.91 Å². The van der Waals surface area contributed by atoms with Gasteiger partial charge in [0.1, 0.15) is 5.75 Å². The molecule has 0 spiro atoms. The van der Waals surface area contributed by atoms with Crippen LogP contribution in [0.25, 0.3) is 0 Å². The largest absolute Gasteiger partial charge is 0.497 e. The summed E-state index contributed by atoms with van der Waals surface area (Å²) >= 11 is 0. The lowest BCUT2D eigenvalue weighted by molar-refractivity contribution is -0.143. The summed E-state index contributed by atoms with van der Waals surface area (Å²) in [6.07, 6.45) is -2.42. The van der Waals surface area contributed by atoms with Gasteiger partial charge in [-0.05, 0) is 72.2 Å². The van der Waals surface area contributed by atoms with Crippen LogP contribution in [0.1, 0.15) is 52.5 Å². The second-order valence-electron chi connectivity index (χ2n) is 14.9. The molecule has 278 valence electrons. The second-order valence-corrected chi connectivity index (χ2v) is 14.9. The van der Waals surface area contributed by atoms with Crippen LogP contribution in [0.4, 0.5) is 23.2 Å². The van der Waals surface area contributed by atoms with Crippen molar-refractivity contribution in [3.8, 4) is 5.75 Å². The molecule has 4 atom stereocenters. The van der Waals surface area contributed by atoms with Gasteiger partial charge in [-0.2, -0.15) is 13.2 Å². The molecule has 0 radical (unpaired) electrons. The molecule has 0 aromatic heterocycles. The van der Waals surface area contributed by atoms with Crippen molar-refractivity contribution in [2.75, 3.05) is 65.0 Å². The lowest BCUT2D eigenvalue weighted by Gasteiger charge is -2.35. The summed E-state index contributed by atoms with van der Waals surface area (Å²) in [7, 11) is 3.10. The van der Waals surface area contributed by atoms with Gasteiger partial charge in [0.15, 0.2) is 0 Å². The highest BCUT2D eigenvalue weighted by molar-refractivity contribution is 5.88. The third-order valence-corrected chi connectivity index (χ3v) is 11.9. The molecule has 3 aromatic rings. The Kier molecular flexibility index (Phi) is 9.99. The number of hydrogen-bond acceptors (Lipinski definition) is 6. The van der Waals surface area contributed by atoms with E-state index in [-0.39, 0.29) is 51.3 Å². The first-order valence-corrected chi connectivity index (χ1v) is 18.0. The molecule has 4 aliphatic rings. The number of alkyl halides is 4. The van der Waals surface area contributed by atoms with Crippen LogP contribution in [0.15, 0.2) is 66.7 Å². The highest BCUT2D eigenvalue weighted by Gasteiger charge is 2.58. The zero-order valence-electron chi connectivity index (χ0n) is 29.4. The minimum atomic E-state index is -4.58. The Bertz CT molecular complexity index is 1750. The number of fused-ring (bicyclic) bond motifs is 1. The quantitative estimate of drug-likeness (QED) is 0.264. The van der Waals surface area contributed by atoms with Gasteiger partial charge in [-0.1, -0.05) is 42.5 Å². The van der Waals surface area contributed by atoms with E-state index < -0.39 is 47.0 Å². The van der Waals surface area contributed by atoms with Gasteiger partial charge < -0.3 is 24.4 Å². The fourth-order valence-corrected chi connectivity index (χ4v) is 9.05. The summed E-state index contributed by atoms with van der Waals surface area (Å²) in [4.78, 5) is 31.8. The third kappa shape index (κ3) is 6.87. The summed E-state index contributed by atoms with van der Waals surface area (Å²) in [6, 6.07) is 19.1. The number of carbonyl (C=O) groups excluding carboxylic acids is 1. The van der Waals surface area contributed by atoms with Crippen molar-refractivity contribution in [2.45, 2.75) is 55.4 Å². The maximum Gasteiger partial charge on any atom is 0.416 e. The summed E-state index contributed by atoms with van der Waals surface area (Å²) in [5.74, 6) is -2.93. The first kappa shape index (κ1) is 36.2. The highest BCUT2D eigenvalue weighted by Crippen LogP contribution is 2.47. The van der Waals surface area contributed by atoms with Crippen molar-refractivity contribution in [2.24, 2.45) is 11.8 Å². The van der Waals surface area contributed by atoms with Crippen LogP contribution in [0, 0.1) is 11.8 Å². The Balaban J connectivity index is 1.19. The Morgan fingerprint density at radius 1 is 0.923 bits per heavy atom. The monoisotopic (exact) mass is 723 g/mol. The molecule has 52 heavy (non-hydrogen) atoms. The number of likely N-dealkylation sites (tertiary alicyclic amines) is 2. The molecule has 3 heterocycles. The molecular weight excluding hydrogens is 678 g/mol. The number of methoxy groups -OCH3 is 2. The molecular formula is C40H45F4N3O5. The predicted molar refractivity (Wildman–Crippen MR) is 187 cm³/mol. The molecule has 3 aliphatic heterocycles. The number of carbonyl (C=O) groups is 2. The number of carboxylic acids is 1. The molecule has 12 heteroatoms. The smallest absolute Gasteiger partial charge is 0.416 e.